The van der Waals surface area contributed by atoms with Crippen molar-refractivity contribution < 1.29 is 13.2 Å². The lowest BCUT2D eigenvalue weighted by Crippen LogP contribution is -2.01. The van der Waals surface area contributed by atoms with Gasteiger partial charge < -0.3 is 10.1 Å². The Bertz CT molecular complexity index is 463. The van der Waals surface area contributed by atoms with E-state index in [4.69, 9.17) is 4.74 Å². The van der Waals surface area contributed by atoms with Crippen LogP contribution in [0.5, 0.6) is 5.75 Å². The zero-order chi connectivity index (χ0) is 12.7. The summed E-state index contributed by atoms with van der Waals surface area (Å²) in [6.45, 7) is 2.10. The van der Waals surface area contributed by atoms with Crippen molar-refractivity contribution in [2.45, 2.75) is 6.92 Å². The molecule has 4 nitrogen and oxygen atoms in total. The summed E-state index contributed by atoms with van der Waals surface area (Å²) in [5.41, 5.74) is 0.921. The first-order chi connectivity index (χ1) is 8.07. The predicted molar refractivity (Wildman–Crippen MR) is 70.1 cm³/mol. The second-order valence-corrected chi connectivity index (χ2v) is 5.61. The van der Waals surface area contributed by atoms with Gasteiger partial charge in [-0.05, 0) is 24.3 Å². The van der Waals surface area contributed by atoms with Crippen molar-refractivity contribution in [1.82, 2.24) is 0 Å². The zero-order valence-electron chi connectivity index (χ0n) is 10.0. The monoisotopic (exact) mass is 255 g/mol. The Morgan fingerprint density at radius 2 is 1.94 bits per heavy atom. The smallest absolute Gasteiger partial charge is 0.171 e. The van der Waals surface area contributed by atoms with E-state index in [0.717, 1.165) is 11.4 Å². The van der Waals surface area contributed by atoms with Gasteiger partial charge in [0, 0.05) is 17.6 Å². The van der Waals surface area contributed by atoms with Gasteiger partial charge in [-0.25, -0.2) is 8.42 Å². The van der Waals surface area contributed by atoms with Crippen LogP contribution in [0, 0.1) is 0 Å². The van der Waals surface area contributed by atoms with Crippen LogP contribution in [0.15, 0.2) is 35.7 Å². The fourth-order valence-electron chi connectivity index (χ4n) is 1.18. The average Bonchev–Trinajstić information content (AvgIpc) is 2.35. The van der Waals surface area contributed by atoms with Crippen molar-refractivity contribution >= 4 is 15.5 Å². The van der Waals surface area contributed by atoms with Gasteiger partial charge in [0.25, 0.3) is 0 Å². The zero-order valence-corrected chi connectivity index (χ0v) is 10.8. The maximum atomic E-state index is 11.2. The third-order valence-electron chi connectivity index (χ3n) is 2.22. The van der Waals surface area contributed by atoms with Gasteiger partial charge in [-0.2, -0.15) is 0 Å². The van der Waals surface area contributed by atoms with E-state index >= 15 is 0 Å². The lowest BCUT2D eigenvalue weighted by atomic mass is 10.3. The van der Waals surface area contributed by atoms with Crippen molar-refractivity contribution in [2.75, 3.05) is 24.7 Å². The van der Waals surface area contributed by atoms with Crippen molar-refractivity contribution in [2.24, 2.45) is 0 Å². The first kappa shape index (κ1) is 13.6. The van der Waals surface area contributed by atoms with Crippen LogP contribution in [-0.4, -0.2) is 27.8 Å². The highest BCUT2D eigenvalue weighted by atomic mass is 32.2. The molecule has 0 atom stereocenters. The fourth-order valence-corrected chi connectivity index (χ4v) is 1.76. The van der Waals surface area contributed by atoms with Crippen molar-refractivity contribution in [3.63, 3.8) is 0 Å². The van der Waals surface area contributed by atoms with Gasteiger partial charge in [-0.15, -0.1) is 0 Å². The minimum atomic E-state index is -3.03. The lowest BCUT2D eigenvalue weighted by molar-refractivity contribution is 0.415. The van der Waals surface area contributed by atoms with Gasteiger partial charge in [0.1, 0.15) is 5.75 Å². The molecule has 1 aromatic rings. The number of sulfone groups is 1. The molecule has 0 saturated heterocycles. The molecule has 0 radical (unpaired) electrons. The fraction of sp³-hybridized carbons (Fsp3) is 0.333. The van der Waals surface area contributed by atoms with Crippen LogP contribution in [-0.2, 0) is 9.84 Å². The highest BCUT2D eigenvalue weighted by molar-refractivity contribution is 7.94. The molecule has 1 aromatic carbocycles. The SMILES string of the molecule is CCS(=O)(=O)C=CCNc1ccc(OC)cc1. The van der Waals surface area contributed by atoms with Crippen LogP contribution in [0.3, 0.4) is 0 Å². The number of methoxy groups -OCH3 is 1. The summed E-state index contributed by atoms with van der Waals surface area (Å²) >= 11 is 0. The van der Waals surface area contributed by atoms with Crippen LogP contribution >= 0.6 is 0 Å². The van der Waals surface area contributed by atoms with Gasteiger partial charge in [-0.3, -0.25) is 0 Å². The summed E-state index contributed by atoms with van der Waals surface area (Å²) in [5.74, 6) is 0.922. The van der Waals surface area contributed by atoms with Crippen molar-refractivity contribution in [3.05, 3.63) is 35.7 Å². The Balaban J connectivity index is 2.46. The van der Waals surface area contributed by atoms with E-state index in [1.165, 1.54) is 5.41 Å². The number of rotatable bonds is 6. The van der Waals surface area contributed by atoms with Gasteiger partial charge in [0.15, 0.2) is 9.84 Å². The topological polar surface area (TPSA) is 55.4 Å². The third-order valence-corrected chi connectivity index (χ3v) is 3.63. The maximum Gasteiger partial charge on any atom is 0.171 e. The maximum absolute atomic E-state index is 11.2. The third kappa shape index (κ3) is 4.91. The molecule has 1 N–H and O–H groups in total. The minimum absolute atomic E-state index is 0.131. The second-order valence-electron chi connectivity index (χ2n) is 3.43. The molecule has 0 saturated carbocycles. The van der Waals surface area contributed by atoms with E-state index in [1.807, 2.05) is 24.3 Å². The molecular formula is C12H17NO3S. The van der Waals surface area contributed by atoms with Gasteiger partial charge in [-0.1, -0.05) is 13.0 Å². The summed E-state index contributed by atoms with van der Waals surface area (Å²) in [4.78, 5) is 0. The van der Waals surface area contributed by atoms with E-state index in [-0.39, 0.29) is 5.75 Å². The van der Waals surface area contributed by atoms with Crippen LogP contribution in [0.25, 0.3) is 0 Å². The van der Waals surface area contributed by atoms with Crippen LogP contribution < -0.4 is 10.1 Å². The number of benzene rings is 1. The lowest BCUT2D eigenvalue weighted by Gasteiger charge is -2.04. The largest absolute Gasteiger partial charge is 0.497 e. The Labute approximate surface area is 102 Å². The molecule has 94 valence electrons. The molecule has 0 unspecified atom stereocenters. The highest BCUT2D eigenvalue weighted by Gasteiger charge is 1.99. The molecule has 0 fully saturated rings. The van der Waals surface area contributed by atoms with E-state index in [9.17, 15) is 8.42 Å². The molecule has 0 spiro atoms. The van der Waals surface area contributed by atoms with Crippen molar-refractivity contribution in [1.29, 1.82) is 0 Å². The summed E-state index contributed by atoms with van der Waals surface area (Å²) < 4.78 is 27.4. The van der Waals surface area contributed by atoms with E-state index in [2.05, 4.69) is 5.32 Å². The summed E-state index contributed by atoms with van der Waals surface area (Å²) in [5, 5.41) is 4.33. The molecule has 0 heterocycles. The number of hydrogen-bond donors (Lipinski definition) is 1. The Hall–Kier alpha value is -1.49. The summed E-state index contributed by atoms with van der Waals surface area (Å²) in [6.07, 6.45) is 1.60. The normalized spacial score (nSPS) is 11.6. The molecule has 0 aliphatic carbocycles. The van der Waals surface area contributed by atoms with E-state index < -0.39 is 9.84 Å². The predicted octanol–water partition coefficient (Wildman–Crippen LogP) is 2.06. The van der Waals surface area contributed by atoms with Gasteiger partial charge >= 0.3 is 0 Å². The molecule has 0 amide bonds. The Morgan fingerprint density at radius 3 is 2.47 bits per heavy atom. The number of nitrogens with one attached hydrogen (secondary N) is 1. The highest BCUT2D eigenvalue weighted by Crippen LogP contribution is 2.14. The minimum Gasteiger partial charge on any atom is -0.497 e. The first-order valence-corrected chi connectivity index (χ1v) is 7.06. The Morgan fingerprint density at radius 1 is 1.29 bits per heavy atom. The molecule has 0 aliphatic heterocycles. The summed E-state index contributed by atoms with van der Waals surface area (Å²) in [6, 6.07) is 7.44. The number of hydrogen-bond acceptors (Lipinski definition) is 4. The molecule has 0 aromatic heterocycles. The number of ether oxygens (including phenoxy) is 1. The molecule has 0 aliphatic rings. The van der Waals surface area contributed by atoms with Gasteiger partial charge in [0.2, 0.25) is 0 Å². The standard InChI is InChI=1S/C12H17NO3S/c1-3-17(14,15)10-4-9-13-11-5-7-12(16-2)8-6-11/h4-8,10,13H,3,9H2,1-2H3. The van der Waals surface area contributed by atoms with Crippen LogP contribution in [0.4, 0.5) is 5.69 Å². The Kier molecular flexibility index (Phi) is 5.03. The summed E-state index contributed by atoms with van der Waals surface area (Å²) in [7, 11) is -1.41. The quantitative estimate of drug-likeness (QED) is 0.845. The molecule has 1 rings (SSSR count). The van der Waals surface area contributed by atoms with E-state index in [0.29, 0.717) is 6.54 Å². The van der Waals surface area contributed by atoms with Crippen molar-refractivity contribution in [3.8, 4) is 5.75 Å². The molecule has 17 heavy (non-hydrogen) atoms. The second kappa shape index (κ2) is 6.30. The van der Waals surface area contributed by atoms with Crippen LogP contribution in [0.1, 0.15) is 6.92 Å². The molecular weight excluding hydrogens is 238 g/mol. The van der Waals surface area contributed by atoms with E-state index in [1.54, 1.807) is 20.1 Å². The molecule has 0 bridgehead atoms. The average molecular weight is 255 g/mol. The van der Waals surface area contributed by atoms with Gasteiger partial charge in [0.05, 0.1) is 12.9 Å². The first-order valence-electron chi connectivity index (χ1n) is 5.34. The molecule has 5 heteroatoms. The number of anilines is 1. The van der Waals surface area contributed by atoms with Crippen LogP contribution in [0.2, 0.25) is 0 Å².